The normalized spacial score (nSPS) is 16.7. The van der Waals surface area contributed by atoms with Crippen LogP contribution >= 0.6 is 11.8 Å². The molecule has 2 amide bonds. The number of carboxylic acids is 1. The molecule has 0 radical (unpaired) electrons. The second kappa shape index (κ2) is 17.2. The molecule has 42 heavy (non-hydrogen) atoms. The van der Waals surface area contributed by atoms with Gasteiger partial charge in [0.05, 0.1) is 0 Å². The van der Waals surface area contributed by atoms with Crippen molar-refractivity contribution < 1.29 is 39.8 Å². The van der Waals surface area contributed by atoms with Crippen LogP contribution in [0.3, 0.4) is 0 Å². The van der Waals surface area contributed by atoms with Gasteiger partial charge in [-0.1, -0.05) is 74.9 Å². The summed E-state index contributed by atoms with van der Waals surface area (Å²) in [7, 11) is 0. The molecule has 0 spiro atoms. The number of nitrogens with one attached hydrogen (secondary N) is 1. The molecular weight excluding hydrogens is 539 g/mol. The Labute approximate surface area is 269 Å². The number of hydrogen-bond donors (Lipinski definition) is 2. The summed E-state index contributed by atoms with van der Waals surface area (Å²) in [4.78, 5) is 41.3. The third kappa shape index (κ3) is 9.15. The number of hydrogen-bond acceptors (Lipinski definition) is 4. The van der Waals surface area contributed by atoms with Gasteiger partial charge in [0, 0.05) is 24.1 Å². The Balaban J connectivity index is 0.00000323. The largest absolute Gasteiger partial charge is 1.00 e. The number of amides is 2. The average molecular weight is 587 g/mol. The summed E-state index contributed by atoms with van der Waals surface area (Å²) in [5.74, 6) is -0.505. The molecule has 0 unspecified atom stereocenters. The van der Waals surface area contributed by atoms with E-state index in [2.05, 4.69) is 10.2 Å². The first kappa shape index (κ1) is 34.3. The maximum Gasteiger partial charge on any atom is 1.00 e. The summed E-state index contributed by atoms with van der Waals surface area (Å²) in [5.41, 5.74) is 4.21. The quantitative estimate of drug-likeness (QED) is 0.365. The number of carbonyl (C=O) groups excluding carboxylic acids is 2. The topological polar surface area (TPSA) is 86.7 Å². The predicted molar refractivity (Wildman–Crippen MR) is 169 cm³/mol. The van der Waals surface area contributed by atoms with Crippen molar-refractivity contribution in [3.05, 3.63) is 59.2 Å². The van der Waals surface area contributed by atoms with Gasteiger partial charge < -0.3 is 16.7 Å². The second-order valence-electron chi connectivity index (χ2n) is 11.7. The van der Waals surface area contributed by atoms with Crippen LogP contribution in [0.15, 0.2) is 42.5 Å². The van der Waals surface area contributed by atoms with Crippen LogP contribution in [0.1, 0.15) is 100.0 Å². The third-order valence-corrected chi connectivity index (χ3v) is 9.47. The van der Waals surface area contributed by atoms with Crippen LogP contribution in [0.2, 0.25) is 0 Å². The first-order chi connectivity index (χ1) is 19.9. The molecule has 0 bridgehead atoms. The van der Waals surface area contributed by atoms with Gasteiger partial charge in [-0.2, -0.15) is 11.8 Å². The summed E-state index contributed by atoms with van der Waals surface area (Å²) in [5, 5.41) is 12.4. The Morgan fingerprint density at radius 3 is 2.14 bits per heavy atom. The maximum absolute atomic E-state index is 13.8. The Morgan fingerprint density at radius 2 is 1.57 bits per heavy atom. The molecule has 2 saturated carbocycles. The number of carboxylic acid groups (broad SMARTS) is 1. The summed E-state index contributed by atoms with van der Waals surface area (Å²) in [6.07, 6.45) is 15.2. The smallest absolute Gasteiger partial charge is 1.00 e. The van der Waals surface area contributed by atoms with Crippen molar-refractivity contribution in [1.82, 2.24) is 10.2 Å². The second-order valence-corrected chi connectivity index (χ2v) is 12.7. The Kier molecular flexibility index (Phi) is 14.0. The molecule has 0 aromatic heterocycles. The van der Waals surface area contributed by atoms with E-state index < -0.39 is 12.0 Å². The van der Waals surface area contributed by atoms with Crippen molar-refractivity contribution >= 4 is 29.5 Å². The van der Waals surface area contributed by atoms with Crippen molar-refractivity contribution in [3.8, 4) is 11.1 Å². The third-order valence-electron chi connectivity index (χ3n) is 8.83. The molecule has 1 atom stereocenters. The molecule has 0 saturated heterocycles. The van der Waals surface area contributed by atoms with Crippen LogP contribution in [-0.2, 0) is 16.0 Å². The zero-order valence-corrected chi connectivity index (χ0v) is 26.5. The molecule has 2 aromatic rings. The van der Waals surface area contributed by atoms with Gasteiger partial charge >= 0.3 is 24.8 Å². The number of carbonyl (C=O) groups is 3. The SMILES string of the molecule is CSCC[C@H](NC(=O)c1ccc(CCC(=O)N(C2CCCCC2)C2CCCCC2)cc1-c1ccccc1C)C(=O)O.[H-].[Li+]. The van der Waals surface area contributed by atoms with E-state index in [0.29, 0.717) is 42.7 Å². The van der Waals surface area contributed by atoms with E-state index in [0.717, 1.165) is 47.9 Å². The maximum atomic E-state index is 13.8. The number of aryl methyl sites for hydroxylation is 2. The number of benzene rings is 2. The van der Waals surface area contributed by atoms with Gasteiger partial charge in [0.15, 0.2) is 0 Å². The van der Waals surface area contributed by atoms with E-state index in [1.165, 1.54) is 38.5 Å². The molecule has 2 aromatic carbocycles. The van der Waals surface area contributed by atoms with Gasteiger partial charge in [0.1, 0.15) is 6.04 Å². The Bertz CT molecular complexity index is 1180. The van der Waals surface area contributed by atoms with Crippen LogP contribution in [0.25, 0.3) is 11.1 Å². The van der Waals surface area contributed by atoms with Crippen LogP contribution in [0, 0.1) is 6.92 Å². The average Bonchev–Trinajstić information content (AvgIpc) is 2.99. The number of rotatable bonds is 12. The van der Waals surface area contributed by atoms with Crippen molar-refractivity contribution in [3.63, 3.8) is 0 Å². The molecule has 6 nitrogen and oxygen atoms in total. The molecular formula is C34H47LiN2O4S. The van der Waals surface area contributed by atoms with Crippen molar-refractivity contribution in [2.24, 2.45) is 0 Å². The van der Waals surface area contributed by atoms with Crippen LogP contribution in [0.5, 0.6) is 0 Å². The Hall–Kier alpha value is -2.20. The molecule has 0 aliphatic heterocycles. The minimum atomic E-state index is -1.03. The van der Waals surface area contributed by atoms with Crippen molar-refractivity contribution in [1.29, 1.82) is 0 Å². The zero-order chi connectivity index (χ0) is 29.2. The summed E-state index contributed by atoms with van der Waals surface area (Å²) < 4.78 is 0. The molecule has 4 rings (SSSR count). The van der Waals surface area contributed by atoms with Crippen LogP contribution in [-0.4, -0.2) is 57.9 Å². The van der Waals surface area contributed by atoms with Gasteiger partial charge in [-0.05, 0) is 85.8 Å². The fraction of sp³-hybridized carbons (Fsp3) is 0.559. The first-order valence-electron chi connectivity index (χ1n) is 15.4. The number of thioether (sulfide) groups is 1. The summed E-state index contributed by atoms with van der Waals surface area (Å²) in [6.45, 7) is 2.01. The fourth-order valence-corrected chi connectivity index (χ4v) is 7.05. The van der Waals surface area contributed by atoms with Gasteiger partial charge in [0.25, 0.3) is 5.91 Å². The van der Waals surface area contributed by atoms with Gasteiger partial charge in [-0.3, -0.25) is 9.59 Å². The Morgan fingerprint density at radius 1 is 0.952 bits per heavy atom. The summed E-state index contributed by atoms with van der Waals surface area (Å²) in [6, 6.07) is 13.5. The van der Waals surface area contributed by atoms with E-state index in [1.54, 1.807) is 17.8 Å². The van der Waals surface area contributed by atoms with Gasteiger partial charge in [0.2, 0.25) is 5.91 Å². The number of aliphatic carboxylic acids is 1. The molecule has 0 heterocycles. The van der Waals surface area contributed by atoms with Gasteiger partial charge in [-0.15, -0.1) is 0 Å². The minimum Gasteiger partial charge on any atom is -1.00 e. The molecule has 224 valence electrons. The number of nitrogens with zero attached hydrogens (tertiary/aromatic N) is 1. The molecule has 8 heteroatoms. The van der Waals surface area contributed by atoms with E-state index in [1.807, 2.05) is 49.6 Å². The van der Waals surface area contributed by atoms with E-state index >= 15 is 0 Å². The molecule has 2 aliphatic carbocycles. The standard InChI is InChI=1S/C34H46N2O4S.Li.H/c1-24-11-9-10-16-28(24)30-23-25(17-19-29(30)33(38)35-31(34(39)40)21-22-41-2)18-20-32(37)36(26-12-5-3-6-13-26)27-14-7-4-8-15-27;;/h9-11,16-17,19,23,26-27,31H,3-8,12-15,18,20-22H2,1-2H3,(H,35,38)(H,39,40);;/q;+1;-1/t31-;;/m0../s1. The molecule has 2 fully saturated rings. The monoisotopic (exact) mass is 586 g/mol. The van der Waals surface area contributed by atoms with E-state index in [4.69, 9.17) is 0 Å². The zero-order valence-electron chi connectivity index (χ0n) is 26.7. The van der Waals surface area contributed by atoms with Crippen molar-refractivity contribution in [2.45, 2.75) is 109 Å². The molecule has 2 N–H and O–H groups in total. The molecule has 2 aliphatic rings. The minimum absolute atomic E-state index is 0. The van der Waals surface area contributed by atoms with E-state index in [-0.39, 0.29) is 32.1 Å². The first-order valence-corrected chi connectivity index (χ1v) is 16.8. The van der Waals surface area contributed by atoms with Crippen molar-refractivity contribution in [2.75, 3.05) is 12.0 Å². The predicted octanol–water partition coefficient (Wildman–Crippen LogP) is 4.14. The van der Waals surface area contributed by atoms with Crippen LogP contribution < -0.4 is 24.2 Å². The fourth-order valence-electron chi connectivity index (χ4n) is 6.58. The van der Waals surface area contributed by atoms with Crippen LogP contribution in [0.4, 0.5) is 0 Å². The van der Waals surface area contributed by atoms with Gasteiger partial charge in [-0.25, -0.2) is 4.79 Å². The van der Waals surface area contributed by atoms with E-state index in [9.17, 15) is 19.5 Å². The summed E-state index contributed by atoms with van der Waals surface area (Å²) >= 11 is 1.56.